The summed E-state index contributed by atoms with van der Waals surface area (Å²) in [5.41, 5.74) is 0. The second-order valence-corrected chi connectivity index (χ2v) is 5.30. The van der Waals surface area contributed by atoms with Gasteiger partial charge in [-0.05, 0) is 37.3 Å². The van der Waals surface area contributed by atoms with E-state index in [9.17, 15) is 0 Å². The molecule has 1 saturated carbocycles. The molecule has 1 aliphatic carbocycles. The molecule has 13 heavy (non-hydrogen) atoms. The SMILES string of the molecule is CNC(CSc1ncns1)C1CC1. The first-order chi connectivity index (χ1) is 6.40. The van der Waals surface area contributed by atoms with Crippen molar-refractivity contribution in [2.75, 3.05) is 12.8 Å². The Morgan fingerprint density at radius 3 is 3.15 bits per heavy atom. The fourth-order valence-electron chi connectivity index (χ4n) is 1.34. The summed E-state index contributed by atoms with van der Waals surface area (Å²) in [4.78, 5) is 4.14. The molecule has 2 rings (SSSR count). The topological polar surface area (TPSA) is 37.8 Å². The highest BCUT2D eigenvalue weighted by Crippen LogP contribution is 2.35. The van der Waals surface area contributed by atoms with Crippen molar-refractivity contribution in [3.63, 3.8) is 0 Å². The fourth-order valence-corrected chi connectivity index (χ4v) is 3.05. The quantitative estimate of drug-likeness (QED) is 0.758. The minimum Gasteiger partial charge on any atom is -0.316 e. The Balaban J connectivity index is 1.77. The number of rotatable bonds is 5. The standard InChI is InChI=1S/C8H13N3S2/c1-9-7(6-2-3-6)4-12-8-10-5-11-13-8/h5-7,9H,2-4H2,1H3. The van der Waals surface area contributed by atoms with Gasteiger partial charge in [-0.2, -0.15) is 4.37 Å². The summed E-state index contributed by atoms with van der Waals surface area (Å²) in [5.74, 6) is 2.03. The first-order valence-corrected chi connectivity index (χ1v) is 6.23. The predicted octanol–water partition coefficient (Wildman–Crippen LogP) is 1.63. The molecule has 0 radical (unpaired) electrons. The molecule has 5 heteroatoms. The van der Waals surface area contributed by atoms with Crippen molar-refractivity contribution in [3.8, 4) is 0 Å². The molecule has 0 spiro atoms. The van der Waals surface area contributed by atoms with Gasteiger partial charge >= 0.3 is 0 Å². The van der Waals surface area contributed by atoms with Gasteiger partial charge in [0.15, 0.2) is 4.34 Å². The molecule has 1 aromatic rings. The summed E-state index contributed by atoms with van der Waals surface area (Å²) >= 11 is 3.29. The van der Waals surface area contributed by atoms with Crippen molar-refractivity contribution in [2.45, 2.75) is 23.2 Å². The van der Waals surface area contributed by atoms with Crippen LogP contribution in [0, 0.1) is 5.92 Å². The first kappa shape index (κ1) is 9.43. The van der Waals surface area contributed by atoms with Gasteiger partial charge in [-0.3, -0.25) is 0 Å². The zero-order valence-corrected chi connectivity index (χ0v) is 9.20. The molecule has 3 nitrogen and oxygen atoms in total. The van der Waals surface area contributed by atoms with Gasteiger partial charge in [-0.1, -0.05) is 11.8 Å². The maximum absolute atomic E-state index is 4.14. The summed E-state index contributed by atoms with van der Waals surface area (Å²) in [5, 5.41) is 3.36. The van der Waals surface area contributed by atoms with Crippen LogP contribution in [0.4, 0.5) is 0 Å². The lowest BCUT2D eigenvalue weighted by Crippen LogP contribution is -2.29. The molecular formula is C8H13N3S2. The average molecular weight is 215 g/mol. The van der Waals surface area contributed by atoms with E-state index < -0.39 is 0 Å². The van der Waals surface area contributed by atoms with E-state index in [0.717, 1.165) is 16.0 Å². The van der Waals surface area contributed by atoms with Crippen LogP contribution in [0.25, 0.3) is 0 Å². The lowest BCUT2D eigenvalue weighted by Gasteiger charge is -2.12. The third kappa shape index (κ3) is 2.65. The van der Waals surface area contributed by atoms with Gasteiger partial charge < -0.3 is 5.32 Å². The molecule has 0 aromatic carbocycles. The third-order valence-corrected chi connectivity index (χ3v) is 4.21. The van der Waals surface area contributed by atoms with Crippen LogP contribution in [0.2, 0.25) is 0 Å². The number of hydrogen-bond acceptors (Lipinski definition) is 5. The summed E-state index contributed by atoms with van der Waals surface area (Å²) in [6.45, 7) is 0. The highest BCUT2D eigenvalue weighted by atomic mass is 32.2. The number of aromatic nitrogens is 2. The van der Waals surface area contributed by atoms with Crippen LogP contribution in [0.15, 0.2) is 10.7 Å². The van der Waals surface area contributed by atoms with Gasteiger partial charge in [-0.25, -0.2) is 4.98 Å². The van der Waals surface area contributed by atoms with E-state index in [1.807, 2.05) is 18.8 Å². The third-order valence-electron chi connectivity index (χ3n) is 2.29. The van der Waals surface area contributed by atoms with E-state index in [1.165, 1.54) is 24.4 Å². The van der Waals surface area contributed by atoms with Gasteiger partial charge in [0.05, 0.1) is 0 Å². The predicted molar refractivity (Wildman–Crippen MR) is 56.2 cm³/mol. The molecule has 0 saturated heterocycles. The van der Waals surface area contributed by atoms with Crippen LogP contribution in [-0.4, -0.2) is 28.2 Å². The molecule has 1 aromatic heterocycles. The number of nitrogens with one attached hydrogen (secondary N) is 1. The Labute approximate surface area is 86.5 Å². The molecule has 1 heterocycles. The molecular weight excluding hydrogens is 202 g/mol. The largest absolute Gasteiger partial charge is 0.316 e. The Kier molecular flexibility index (Phi) is 3.18. The molecule has 1 N–H and O–H groups in total. The van der Waals surface area contributed by atoms with Gasteiger partial charge in [-0.15, -0.1) is 0 Å². The summed E-state index contributed by atoms with van der Waals surface area (Å²) < 4.78 is 5.06. The Bertz CT molecular complexity index is 246. The molecule has 1 aliphatic rings. The Morgan fingerprint density at radius 1 is 1.77 bits per heavy atom. The zero-order valence-electron chi connectivity index (χ0n) is 7.56. The van der Waals surface area contributed by atoms with Gasteiger partial charge in [0.1, 0.15) is 6.33 Å². The molecule has 0 bridgehead atoms. The van der Waals surface area contributed by atoms with Crippen molar-refractivity contribution in [2.24, 2.45) is 5.92 Å². The second kappa shape index (κ2) is 4.39. The summed E-state index contributed by atoms with van der Waals surface area (Å²) in [7, 11) is 2.05. The van der Waals surface area contributed by atoms with Crippen molar-refractivity contribution in [1.29, 1.82) is 0 Å². The number of nitrogens with zero attached hydrogens (tertiary/aromatic N) is 2. The van der Waals surface area contributed by atoms with Gasteiger partial charge in [0.25, 0.3) is 0 Å². The monoisotopic (exact) mass is 215 g/mol. The van der Waals surface area contributed by atoms with Crippen LogP contribution in [0.3, 0.4) is 0 Å². The van der Waals surface area contributed by atoms with Crippen LogP contribution in [0.5, 0.6) is 0 Å². The Morgan fingerprint density at radius 2 is 2.62 bits per heavy atom. The average Bonchev–Trinajstić information content (AvgIpc) is 2.84. The summed E-state index contributed by atoms with van der Waals surface area (Å²) in [6, 6.07) is 0.661. The van der Waals surface area contributed by atoms with Crippen molar-refractivity contribution >= 4 is 23.3 Å². The first-order valence-electron chi connectivity index (χ1n) is 4.47. The molecule has 0 aliphatic heterocycles. The van der Waals surface area contributed by atoms with Crippen LogP contribution < -0.4 is 5.32 Å². The Hall–Kier alpha value is -0.130. The highest BCUT2D eigenvalue weighted by Gasteiger charge is 2.29. The molecule has 1 unspecified atom stereocenters. The molecule has 72 valence electrons. The highest BCUT2D eigenvalue weighted by molar-refractivity contribution is 8.00. The van der Waals surface area contributed by atoms with Gasteiger partial charge in [0.2, 0.25) is 0 Å². The summed E-state index contributed by atoms with van der Waals surface area (Å²) in [6.07, 6.45) is 4.41. The van der Waals surface area contributed by atoms with Crippen LogP contribution in [0.1, 0.15) is 12.8 Å². The normalized spacial score (nSPS) is 18.8. The number of thioether (sulfide) groups is 1. The van der Waals surface area contributed by atoms with E-state index in [-0.39, 0.29) is 0 Å². The van der Waals surface area contributed by atoms with Crippen LogP contribution >= 0.6 is 23.3 Å². The minimum absolute atomic E-state index is 0.661. The minimum atomic E-state index is 0.661. The molecule has 1 fully saturated rings. The van der Waals surface area contributed by atoms with E-state index in [2.05, 4.69) is 14.7 Å². The molecule has 1 atom stereocenters. The van der Waals surface area contributed by atoms with E-state index >= 15 is 0 Å². The maximum atomic E-state index is 4.14. The van der Waals surface area contributed by atoms with Crippen molar-refractivity contribution < 1.29 is 0 Å². The molecule has 0 amide bonds. The van der Waals surface area contributed by atoms with Crippen LogP contribution in [-0.2, 0) is 0 Å². The lowest BCUT2D eigenvalue weighted by molar-refractivity contribution is 0.554. The second-order valence-electron chi connectivity index (χ2n) is 3.25. The number of hydrogen-bond donors (Lipinski definition) is 1. The maximum Gasteiger partial charge on any atom is 0.169 e. The van der Waals surface area contributed by atoms with E-state index in [1.54, 1.807) is 6.33 Å². The smallest absolute Gasteiger partial charge is 0.169 e. The lowest BCUT2D eigenvalue weighted by atomic mass is 10.2. The van der Waals surface area contributed by atoms with Gasteiger partial charge in [0, 0.05) is 11.8 Å². The van der Waals surface area contributed by atoms with E-state index in [0.29, 0.717) is 6.04 Å². The van der Waals surface area contributed by atoms with E-state index in [4.69, 9.17) is 0 Å². The van der Waals surface area contributed by atoms with Crippen molar-refractivity contribution in [1.82, 2.24) is 14.7 Å². The zero-order chi connectivity index (χ0) is 9.10. The fraction of sp³-hybridized carbons (Fsp3) is 0.750. The van der Waals surface area contributed by atoms with Crippen molar-refractivity contribution in [3.05, 3.63) is 6.33 Å².